The van der Waals surface area contributed by atoms with Crippen molar-refractivity contribution >= 4 is 44.0 Å². The Morgan fingerprint density at radius 2 is 1.82 bits per heavy atom. The maximum Gasteiger partial charge on any atom is 0.254 e. The van der Waals surface area contributed by atoms with E-state index in [0.717, 1.165) is 16.9 Å². The molecule has 174 valence electrons. The fourth-order valence-corrected chi connectivity index (χ4v) is 8.09. The van der Waals surface area contributed by atoms with E-state index in [0.29, 0.717) is 36.9 Å². The highest BCUT2D eigenvalue weighted by atomic mass is 32.2. The lowest BCUT2D eigenvalue weighted by atomic mass is 10.1. The number of rotatable bonds is 3. The summed E-state index contributed by atoms with van der Waals surface area (Å²) in [5.74, 6) is -0.0114. The van der Waals surface area contributed by atoms with Crippen molar-refractivity contribution in [3.63, 3.8) is 0 Å². The van der Waals surface area contributed by atoms with Crippen molar-refractivity contribution in [2.75, 3.05) is 47.9 Å². The van der Waals surface area contributed by atoms with Crippen LogP contribution in [0.3, 0.4) is 0 Å². The number of thioether (sulfide) groups is 1. The minimum absolute atomic E-state index is 0.0271. The standard InChI is InChI=1S/C23H25FN4O3S2/c1-15-2-3-16(12-19(15)25-23-26-20-13-33(30,31)14-21(20)32-23)22(29)28-10-8-27(9-11-28)18-6-4-17(24)5-7-18/h2-7,12,20-21H,8-11,13-14H2,1H3,(H,25,26)/t20-,21+/m1/s1. The number of carbonyl (C=O) groups is 1. The zero-order valence-electron chi connectivity index (χ0n) is 18.2. The topological polar surface area (TPSA) is 82.1 Å². The van der Waals surface area contributed by atoms with Gasteiger partial charge in [-0.25, -0.2) is 12.8 Å². The molecular formula is C23H25FN4O3S2. The number of amides is 1. The Bertz CT molecular complexity index is 1210. The summed E-state index contributed by atoms with van der Waals surface area (Å²) in [5, 5.41) is 3.99. The number of aryl methyl sites for hydroxylation is 1. The molecule has 2 fully saturated rings. The van der Waals surface area contributed by atoms with Crippen LogP contribution in [0, 0.1) is 12.7 Å². The highest BCUT2D eigenvalue weighted by molar-refractivity contribution is 8.15. The lowest BCUT2D eigenvalue weighted by molar-refractivity contribution is 0.0747. The van der Waals surface area contributed by atoms with E-state index in [1.165, 1.54) is 23.9 Å². The predicted octanol–water partition coefficient (Wildman–Crippen LogP) is 2.78. The van der Waals surface area contributed by atoms with E-state index < -0.39 is 9.84 Å². The Balaban J connectivity index is 1.24. The monoisotopic (exact) mass is 488 g/mol. The van der Waals surface area contributed by atoms with E-state index in [2.05, 4.69) is 15.2 Å². The van der Waals surface area contributed by atoms with Gasteiger partial charge in [0.05, 0.1) is 17.5 Å². The third kappa shape index (κ3) is 4.72. The molecule has 0 bridgehead atoms. The third-order valence-electron chi connectivity index (χ3n) is 6.30. The SMILES string of the molecule is Cc1ccc(C(=O)N2CCN(c3ccc(F)cc3)CC2)cc1NC1=N[C@@H]2CS(=O)(=O)C[C@@H]2S1. The summed E-state index contributed by atoms with van der Waals surface area (Å²) in [6.45, 7) is 4.52. The molecule has 5 rings (SSSR count). The molecule has 0 saturated carbocycles. The van der Waals surface area contributed by atoms with Gasteiger partial charge in [-0.15, -0.1) is 0 Å². The first-order valence-corrected chi connectivity index (χ1v) is 13.6. The van der Waals surface area contributed by atoms with Crippen LogP contribution < -0.4 is 10.2 Å². The van der Waals surface area contributed by atoms with Gasteiger partial charge in [-0.1, -0.05) is 17.8 Å². The number of piperazine rings is 1. The summed E-state index contributed by atoms with van der Waals surface area (Å²) in [7, 11) is -2.99. The maximum absolute atomic E-state index is 13.2. The van der Waals surface area contributed by atoms with Gasteiger partial charge in [-0.3, -0.25) is 9.79 Å². The average Bonchev–Trinajstić information content (AvgIpc) is 3.28. The third-order valence-corrected chi connectivity index (χ3v) is 9.44. The second-order valence-corrected chi connectivity index (χ2v) is 12.0. The van der Waals surface area contributed by atoms with Crippen molar-refractivity contribution < 1.29 is 17.6 Å². The Kier molecular flexibility index (Phi) is 5.82. The zero-order valence-corrected chi connectivity index (χ0v) is 19.8. The molecule has 3 aliphatic heterocycles. The number of benzene rings is 2. The molecule has 33 heavy (non-hydrogen) atoms. The van der Waals surface area contributed by atoms with Crippen molar-refractivity contribution in [1.29, 1.82) is 0 Å². The van der Waals surface area contributed by atoms with E-state index >= 15 is 0 Å². The van der Waals surface area contributed by atoms with E-state index in [-0.39, 0.29) is 34.5 Å². The molecule has 10 heteroatoms. The van der Waals surface area contributed by atoms with Crippen LogP contribution in [0.15, 0.2) is 47.5 Å². The summed E-state index contributed by atoms with van der Waals surface area (Å²) in [6.07, 6.45) is 0. The number of hydrogen-bond donors (Lipinski definition) is 1. The van der Waals surface area contributed by atoms with Gasteiger partial charge < -0.3 is 15.1 Å². The molecule has 0 aromatic heterocycles. The van der Waals surface area contributed by atoms with E-state index in [4.69, 9.17) is 0 Å². The van der Waals surface area contributed by atoms with Crippen molar-refractivity contribution in [2.24, 2.45) is 4.99 Å². The van der Waals surface area contributed by atoms with Gasteiger partial charge in [0.2, 0.25) is 0 Å². The second kappa shape index (κ2) is 8.64. The normalized spacial score (nSPS) is 23.9. The van der Waals surface area contributed by atoms with E-state index in [1.54, 1.807) is 12.1 Å². The minimum Gasteiger partial charge on any atom is -0.368 e. The second-order valence-electron chi connectivity index (χ2n) is 8.65. The van der Waals surface area contributed by atoms with Crippen LogP contribution in [0.25, 0.3) is 0 Å². The molecule has 3 heterocycles. The fourth-order valence-electron chi connectivity index (χ4n) is 4.42. The number of fused-ring (bicyclic) bond motifs is 1. The number of anilines is 2. The van der Waals surface area contributed by atoms with E-state index in [1.807, 2.05) is 30.0 Å². The average molecular weight is 489 g/mol. The van der Waals surface area contributed by atoms with Gasteiger partial charge in [0.25, 0.3) is 5.91 Å². The molecule has 2 saturated heterocycles. The van der Waals surface area contributed by atoms with Crippen LogP contribution in [0.4, 0.5) is 15.8 Å². The molecule has 0 spiro atoms. The zero-order chi connectivity index (χ0) is 23.2. The quantitative estimate of drug-likeness (QED) is 0.716. The number of carbonyl (C=O) groups excluding carboxylic acids is 1. The molecular weight excluding hydrogens is 463 g/mol. The Hall–Kier alpha value is -2.59. The Labute approximate surface area is 197 Å². The van der Waals surface area contributed by atoms with Gasteiger partial charge >= 0.3 is 0 Å². The number of nitrogens with zero attached hydrogens (tertiary/aromatic N) is 3. The molecule has 0 radical (unpaired) electrons. The van der Waals surface area contributed by atoms with E-state index in [9.17, 15) is 17.6 Å². The van der Waals surface area contributed by atoms with Crippen LogP contribution >= 0.6 is 11.8 Å². The Morgan fingerprint density at radius 1 is 1.09 bits per heavy atom. The molecule has 3 aliphatic rings. The molecule has 2 aromatic carbocycles. The number of halogens is 1. The summed E-state index contributed by atoms with van der Waals surface area (Å²) in [4.78, 5) is 21.7. The first-order valence-electron chi connectivity index (χ1n) is 10.9. The smallest absolute Gasteiger partial charge is 0.254 e. The molecule has 1 amide bonds. The Morgan fingerprint density at radius 3 is 2.52 bits per heavy atom. The number of amidine groups is 1. The summed E-state index contributed by atoms with van der Waals surface area (Å²) in [5.41, 5.74) is 3.35. The fraction of sp³-hybridized carbons (Fsp3) is 0.391. The molecule has 2 aromatic rings. The van der Waals surface area contributed by atoms with Crippen molar-refractivity contribution in [3.05, 3.63) is 59.4 Å². The van der Waals surface area contributed by atoms with Crippen molar-refractivity contribution in [1.82, 2.24) is 4.90 Å². The van der Waals surface area contributed by atoms with Crippen LogP contribution in [0.5, 0.6) is 0 Å². The number of sulfone groups is 1. The van der Waals surface area contributed by atoms with Gasteiger partial charge in [-0.2, -0.15) is 0 Å². The van der Waals surface area contributed by atoms with Crippen LogP contribution in [-0.4, -0.2) is 73.4 Å². The number of aliphatic imine (C=N–C) groups is 1. The maximum atomic E-state index is 13.2. The molecule has 2 atom stereocenters. The van der Waals surface area contributed by atoms with Gasteiger partial charge in [0.15, 0.2) is 15.0 Å². The highest BCUT2D eigenvalue weighted by Gasteiger charge is 2.42. The van der Waals surface area contributed by atoms with Gasteiger partial charge in [-0.05, 0) is 48.9 Å². The van der Waals surface area contributed by atoms with Crippen LogP contribution in [0.2, 0.25) is 0 Å². The highest BCUT2D eigenvalue weighted by Crippen LogP contribution is 2.35. The van der Waals surface area contributed by atoms with Gasteiger partial charge in [0.1, 0.15) is 5.82 Å². The van der Waals surface area contributed by atoms with Crippen LogP contribution in [0.1, 0.15) is 15.9 Å². The molecule has 0 unspecified atom stereocenters. The first kappa shape index (κ1) is 22.2. The minimum atomic E-state index is -2.99. The van der Waals surface area contributed by atoms with Crippen molar-refractivity contribution in [2.45, 2.75) is 18.2 Å². The molecule has 7 nitrogen and oxygen atoms in total. The van der Waals surface area contributed by atoms with Gasteiger partial charge in [0, 0.05) is 48.4 Å². The first-order chi connectivity index (χ1) is 15.8. The number of nitrogens with one attached hydrogen (secondary N) is 1. The predicted molar refractivity (Wildman–Crippen MR) is 131 cm³/mol. The molecule has 1 N–H and O–H groups in total. The molecule has 0 aliphatic carbocycles. The lowest BCUT2D eigenvalue weighted by Crippen LogP contribution is -2.48. The summed E-state index contributed by atoms with van der Waals surface area (Å²) < 4.78 is 36.7. The number of hydrogen-bond acceptors (Lipinski definition) is 7. The largest absolute Gasteiger partial charge is 0.368 e. The lowest BCUT2D eigenvalue weighted by Gasteiger charge is -2.36. The summed E-state index contributed by atoms with van der Waals surface area (Å²) >= 11 is 1.46. The van der Waals surface area contributed by atoms with Crippen LogP contribution in [-0.2, 0) is 9.84 Å². The summed E-state index contributed by atoms with van der Waals surface area (Å²) in [6, 6.07) is 11.8. The van der Waals surface area contributed by atoms with Crippen molar-refractivity contribution in [3.8, 4) is 0 Å².